The number of hydrogen-bond donors (Lipinski definition) is 2. The number of H-pyrrole nitrogens is 1. The molecule has 0 radical (unpaired) electrons. The Morgan fingerprint density at radius 3 is 2.79 bits per heavy atom. The molecule has 1 atom stereocenters. The second-order valence-corrected chi connectivity index (χ2v) is 4.98. The summed E-state index contributed by atoms with van der Waals surface area (Å²) in [5.41, 5.74) is 3.35. The fourth-order valence-electron chi connectivity index (χ4n) is 2.57. The van der Waals surface area contributed by atoms with Crippen LogP contribution in [0, 0.1) is 0 Å². The van der Waals surface area contributed by atoms with E-state index in [0.717, 1.165) is 30.1 Å². The third-order valence-corrected chi connectivity index (χ3v) is 3.72. The first-order valence-electron chi connectivity index (χ1n) is 6.77. The Morgan fingerprint density at radius 1 is 1.26 bits per heavy atom. The van der Waals surface area contributed by atoms with Crippen LogP contribution in [0.4, 0.5) is 0 Å². The third kappa shape index (κ3) is 2.63. The van der Waals surface area contributed by atoms with E-state index in [2.05, 4.69) is 21.6 Å². The lowest BCUT2D eigenvalue weighted by atomic mass is 9.96. The van der Waals surface area contributed by atoms with Crippen molar-refractivity contribution in [2.45, 2.75) is 18.8 Å². The molecule has 4 heteroatoms. The molecular weight excluding hydrogens is 238 g/mol. The van der Waals surface area contributed by atoms with Gasteiger partial charge in [-0.1, -0.05) is 0 Å². The SMILES string of the molecule is COc1ccc(-c2cc(C3CCCNC3)[nH]n2)cc1. The number of benzene rings is 1. The van der Waals surface area contributed by atoms with Gasteiger partial charge >= 0.3 is 0 Å². The van der Waals surface area contributed by atoms with Crippen molar-refractivity contribution in [2.75, 3.05) is 20.2 Å². The van der Waals surface area contributed by atoms with Gasteiger partial charge in [0.25, 0.3) is 0 Å². The lowest BCUT2D eigenvalue weighted by Crippen LogP contribution is -2.28. The van der Waals surface area contributed by atoms with E-state index in [4.69, 9.17) is 4.74 Å². The van der Waals surface area contributed by atoms with E-state index in [0.29, 0.717) is 5.92 Å². The van der Waals surface area contributed by atoms with Crippen LogP contribution in [0.5, 0.6) is 5.75 Å². The zero-order valence-electron chi connectivity index (χ0n) is 11.1. The van der Waals surface area contributed by atoms with Crippen LogP contribution in [0.15, 0.2) is 30.3 Å². The molecule has 2 heterocycles. The lowest BCUT2D eigenvalue weighted by molar-refractivity contribution is 0.415. The van der Waals surface area contributed by atoms with Gasteiger partial charge in [0.2, 0.25) is 0 Å². The normalized spacial score (nSPS) is 19.3. The number of nitrogens with zero attached hydrogens (tertiary/aromatic N) is 1. The molecule has 1 fully saturated rings. The average molecular weight is 257 g/mol. The largest absolute Gasteiger partial charge is 0.497 e. The Labute approximate surface area is 113 Å². The summed E-state index contributed by atoms with van der Waals surface area (Å²) in [4.78, 5) is 0. The first kappa shape index (κ1) is 12.2. The first-order valence-corrected chi connectivity index (χ1v) is 6.77. The fourth-order valence-corrected chi connectivity index (χ4v) is 2.57. The highest BCUT2D eigenvalue weighted by molar-refractivity contribution is 5.60. The van der Waals surface area contributed by atoms with Gasteiger partial charge in [-0.05, 0) is 49.7 Å². The maximum absolute atomic E-state index is 5.17. The van der Waals surface area contributed by atoms with E-state index < -0.39 is 0 Å². The molecule has 1 aliphatic rings. The highest BCUT2D eigenvalue weighted by atomic mass is 16.5. The van der Waals surface area contributed by atoms with Crippen LogP contribution < -0.4 is 10.1 Å². The Morgan fingerprint density at radius 2 is 2.11 bits per heavy atom. The van der Waals surface area contributed by atoms with Crippen LogP contribution in [-0.4, -0.2) is 30.4 Å². The van der Waals surface area contributed by atoms with Crippen molar-refractivity contribution in [1.82, 2.24) is 15.5 Å². The zero-order valence-corrected chi connectivity index (χ0v) is 11.1. The molecule has 3 rings (SSSR count). The van der Waals surface area contributed by atoms with Gasteiger partial charge in [0.1, 0.15) is 5.75 Å². The van der Waals surface area contributed by atoms with Crippen LogP contribution in [0.2, 0.25) is 0 Å². The number of aromatic nitrogens is 2. The van der Waals surface area contributed by atoms with E-state index in [-0.39, 0.29) is 0 Å². The number of hydrogen-bond acceptors (Lipinski definition) is 3. The molecule has 100 valence electrons. The zero-order chi connectivity index (χ0) is 13.1. The van der Waals surface area contributed by atoms with Crippen LogP contribution in [0.3, 0.4) is 0 Å². The molecule has 0 amide bonds. The van der Waals surface area contributed by atoms with Crippen molar-refractivity contribution in [3.8, 4) is 17.0 Å². The van der Waals surface area contributed by atoms with Crippen molar-refractivity contribution in [1.29, 1.82) is 0 Å². The summed E-state index contributed by atoms with van der Waals surface area (Å²) in [5.74, 6) is 1.43. The number of ether oxygens (including phenoxy) is 1. The minimum Gasteiger partial charge on any atom is -0.497 e. The van der Waals surface area contributed by atoms with E-state index >= 15 is 0 Å². The van der Waals surface area contributed by atoms with Gasteiger partial charge in [-0.25, -0.2) is 0 Å². The molecule has 1 aliphatic heterocycles. The minimum absolute atomic E-state index is 0.563. The smallest absolute Gasteiger partial charge is 0.118 e. The second kappa shape index (κ2) is 5.45. The maximum atomic E-state index is 5.17. The monoisotopic (exact) mass is 257 g/mol. The molecule has 0 spiro atoms. The van der Waals surface area contributed by atoms with Gasteiger partial charge in [-0.3, -0.25) is 5.10 Å². The van der Waals surface area contributed by atoms with Crippen molar-refractivity contribution in [3.05, 3.63) is 36.0 Å². The summed E-state index contributed by atoms with van der Waals surface area (Å²) in [6, 6.07) is 10.2. The van der Waals surface area contributed by atoms with Crippen molar-refractivity contribution in [3.63, 3.8) is 0 Å². The third-order valence-electron chi connectivity index (χ3n) is 3.72. The molecule has 2 N–H and O–H groups in total. The van der Waals surface area contributed by atoms with Crippen LogP contribution in [0.1, 0.15) is 24.5 Å². The molecule has 0 saturated carbocycles. The number of rotatable bonds is 3. The summed E-state index contributed by atoms with van der Waals surface area (Å²) in [5, 5.41) is 11.0. The van der Waals surface area contributed by atoms with Crippen molar-refractivity contribution >= 4 is 0 Å². The Hall–Kier alpha value is -1.81. The average Bonchev–Trinajstić information content (AvgIpc) is 2.98. The van der Waals surface area contributed by atoms with Gasteiger partial charge in [0, 0.05) is 23.7 Å². The van der Waals surface area contributed by atoms with Gasteiger partial charge in [-0.15, -0.1) is 0 Å². The van der Waals surface area contributed by atoms with Crippen molar-refractivity contribution in [2.24, 2.45) is 0 Å². The highest BCUT2D eigenvalue weighted by Crippen LogP contribution is 2.26. The highest BCUT2D eigenvalue weighted by Gasteiger charge is 2.17. The lowest BCUT2D eigenvalue weighted by Gasteiger charge is -2.21. The summed E-state index contributed by atoms with van der Waals surface area (Å²) >= 11 is 0. The second-order valence-electron chi connectivity index (χ2n) is 4.98. The van der Waals surface area contributed by atoms with Crippen LogP contribution in [-0.2, 0) is 0 Å². The molecule has 1 unspecified atom stereocenters. The van der Waals surface area contributed by atoms with Gasteiger partial charge in [-0.2, -0.15) is 5.10 Å². The molecular formula is C15H19N3O. The first-order chi connectivity index (χ1) is 9.36. The number of piperidine rings is 1. The van der Waals surface area contributed by atoms with E-state index in [1.165, 1.54) is 18.5 Å². The quantitative estimate of drug-likeness (QED) is 0.888. The number of methoxy groups -OCH3 is 1. The Bertz CT molecular complexity index is 527. The molecule has 1 aromatic carbocycles. The summed E-state index contributed by atoms with van der Waals surface area (Å²) in [6.45, 7) is 2.18. The molecule has 19 heavy (non-hydrogen) atoms. The minimum atomic E-state index is 0.563. The van der Waals surface area contributed by atoms with E-state index in [1.54, 1.807) is 7.11 Å². The Balaban J connectivity index is 1.79. The van der Waals surface area contributed by atoms with Gasteiger partial charge < -0.3 is 10.1 Å². The van der Waals surface area contributed by atoms with Crippen LogP contribution >= 0.6 is 0 Å². The number of aromatic amines is 1. The molecule has 2 aromatic rings. The standard InChI is InChI=1S/C15H19N3O/c1-19-13-6-4-11(5-7-13)14-9-15(18-17-14)12-3-2-8-16-10-12/h4-7,9,12,16H,2-3,8,10H2,1H3,(H,17,18). The predicted octanol–water partition coefficient (Wildman–Crippen LogP) is 2.55. The van der Waals surface area contributed by atoms with Crippen LogP contribution in [0.25, 0.3) is 11.3 Å². The van der Waals surface area contributed by atoms with Crippen molar-refractivity contribution < 1.29 is 4.74 Å². The predicted molar refractivity (Wildman–Crippen MR) is 75.4 cm³/mol. The summed E-state index contributed by atoms with van der Waals surface area (Å²) in [7, 11) is 1.68. The van der Waals surface area contributed by atoms with E-state index in [1.807, 2.05) is 24.3 Å². The summed E-state index contributed by atoms with van der Waals surface area (Å²) < 4.78 is 5.17. The fraction of sp³-hybridized carbons (Fsp3) is 0.400. The topological polar surface area (TPSA) is 49.9 Å². The Kier molecular flexibility index (Phi) is 3.51. The van der Waals surface area contributed by atoms with E-state index in [9.17, 15) is 0 Å². The number of nitrogens with one attached hydrogen (secondary N) is 2. The molecule has 1 aromatic heterocycles. The molecule has 0 bridgehead atoms. The summed E-state index contributed by atoms with van der Waals surface area (Å²) in [6.07, 6.45) is 2.47. The maximum Gasteiger partial charge on any atom is 0.118 e. The molecule has 0 aliphatic carbocycles. The molecule has 4 nitrogen and oxygen atoms in total. The van der Waals surface area contributed by atoms with Gasteiger partial charge in [0.05, 0.1) is 12.8 Å². The molecule has 1 saturated heterocycles. The van der Waals surface area contributed by atoms with Gasteiger partial charge in [0.15, 0.2) is 0 Å².